The number of piperidine rings is 1. The van der Waals surface area contributed by atoms with Gasteiger partial charge in [0.05, 0.1) is 5.25 Å². The first kappa shape index (κ1) is 13.9. The number of thiophene rings is 1. The van der Waals surface area contributed by atoms with Crippen molar-refractivity contribution >= 4 is 31.4 Å². The molecular weight excluding hydrogens is 296 g/mol. The Bertz CT molecular complexity index is 606. The van der Waals surface area contributed by atoms with Crippen LogP contribution in [0.1, 0.15) is 12.8 Å². The molecule has 2 N–H and O–H groups in total. The highest BCUT2D eigenvalue weighted by Gasteiger charge is 2.35. The smallest absolute Gasteiger partial charge is 0.228 e. The van der Waals surface area contributed by atoms with E-state index in [0.717, 1.165) is 11.3 Å². The summed E-state index contributed by atoms with van der Waals surface area (Å²) in [7, 11) is -7.27. The summed E-state index contributed by atoms with van der Waals surface area (Å²) < 4.78 is 48.5. The zero-order chi connectivity index (χ0) is 13.4. The highest BCUT2D eigenvalue weighted by molar-refractivity contribution is 7.91. The standard InChI is InChI=1S/C9H14N2O4S3/c10-17(12,13)8-3-1-5-11(7-8)18(14,15)9-4-2-6-16-9/h2,4,6,8H,1,3,5,7H2,(H2,10,12,13). The zero-order valence-corrected chi connectivity index (χ0v) is 12.0. The first-order chi connectivity index (χ1) is 8.32. The molecule has 102 valence electrons. The number of hydrogen-bond donors (Lipinski definition) is 1. The monoisotopic (exact) mass is 310 g/mol. The lowest BCUT2D eigenvalue weighted by Crippen LogP contribution is -2.46. The summed E-state index contributed by atoms with van der Waals surface area (Å²) in [5, 5.41) is 5.96. The van der Waals surface area contributed by atoms with Gasteiger partial charge in [0.2, 0.25) is 10.0 Å². The maximum atomic E-state index is 12.2. The summed E-state index contributed by atoms with van der Waals surface area (Å²) in [4.78, 5) is 0. The SMILES string of the molecule is NS(=O)(=O)C1CCCN(S(=O)(=O)c2cccs2)C1. The van der Waals surface area contributed by atoms with Crippen molar-refractivity contribution in [2.75, 3.05) is 13.1 Å². The van der Waals surface area contributed by atoms with E-state index in [9.17, 15) is 16.8 Å². The van der Waals surface area contributed by atoms with Gasteiger partial charge in [0.25, 0.3) is 10.0 Å². The molecule has 2 rings (SSSR count). The Morgan fingerprint density at radius 2 is 2.06 bits per heavy atom. The molecule has 0 amide bonds. The van der Waals surface area contributed by atoms with Crippen LogP contribution in [0.25, 0.3) is 0 Å². The van der Waals surface area contributed by atoms with E-state index in [-0.39, 0.29) is 10.8 Å². The van der Waals surface area contributed by atoms with Crippen LogP contribution >= 0.6 is 11.3 Å². The summed E-state index contributed by atoms with van der Waals surface area (Å²) in [5.74, 6) is 0. The van der Waals surface area contributed by atoms with E-state index in [2.05, 4.69) is 0 Å². The van der Waals surface area contributed by atoms with Gasteiger partial charge in [-0.25, -0.2) is 22.0 Å². The number of hydrogen-bond acceptors (Lipinski definition) is 5. The lowest BCUT2D eigenvalue weighted by molar-refractivity contribution is 0.346. The first-order valence-corrected chi connectivity index (χ1v) is 9.30. The zero-order valence-electron chi connectivity index (χ0n) is 9.52. The topological polar surface area (TPSA) is 97.5 Å². The van der Waals surface area contributed by atoms with Crippen LogP contribution < -0.4 is 5.14 Å². The predicted molar refractivity (Wildman–Crippen MR) is 69.2 cm³/mol. The van der Waals surface area contributed by atoms with Gasteiger partial charge < -0.3 is 0 Å². The fourth-order valence-electron chi connectivity index (χ4n) is 1.93. The first-order valence-electron chi connectivity index (χ1n) is 5.37. The minimum Gasteiger partial charge on any atom is -0.228 e. The van der Waals surface area contributed by atoms with Crippen LogP contribution in [0.5, 0.6) is 0 Å². The van der Waals surface area contributed by atoms with E-state index < -0.39 is 25.3 Å². The summed E-state index contributed by atoms with van der Waals surface area (Å²) in [6, 6.07) is 3.17. The highest BCUT2D eigenvalue weighted by atomic mass is 32.2. The Balaban J connectivity index is 2.25. The molecule has 6 nitrogen and oxygen atoms in total. The third-order valence-corrected chi connectivity index (χ3v) is 7.45. The number of nitrogens with zero attached hydrogens (tertiary/aromatic N) is 1. The molecule has 1 saturated heterocycles. The van der Waals surface area contributed by atoms with E-state index in [1.165, 1.54) is 10.4 Å². The Morgan fingerprint density at radius 3 is 2.61 bits per heavy atom. The second kappa shape index (κ2) is 4.89. The molecule has 1 atom stereocenters. The van der Waals surface area contributed by atoms with Gasteiger partial charge in [-0.05, 0) is 24.3 Å². The van der Waals surface area contributed by atoms with Crippen molar-refractivity contribution in [3.05, 3.63) is 17.5 Å². The maximum absolute atomic E-state index is 12.2. The van der Waals surface area contributed by atoms with Gasteiger partial charge in [0.1, 0.15) is 4.21 Å². The molecule has 1 fully saturated rings. The molecule has 9 heteroatoms. The van der Waals surface area contributed by atoms with E-state index in [1.807, 2.05) is 0 Å². The van der Waals surface area contributed by atoms with Gasteiger partial charge in [-0.3, -0.25) is 0 Å². The van der Waals surface area contributed by atoms with Gasteiger partial charge in [0, 0.05) is 13.1 Å². The third-order valence-electron chi connectivity index (χ3n) is 2.89. The van der Waals surface area contributed by atoms with Crippen LogP contribution in [-0.2, 0) is 20.0 Å². The van der Waals surface area contributed by atoms with E-state index in [1.54, 1.807) is 11.4 Å². The average Bonchev–Trinajstić information content (AvgIpc) is 2.82. The fourth-order valence-corrected chi connectivity index (χ4v) is 5.57. The van der Waals surface area contributed by atoms with E-state index in [0.29, 0.717) is 19.4 Å². The van der Waals surface area contributed by atoms with Gasteiger partial charge in [-0.2, -0.15) is 4.31 Å². The lowest BCUT2D eigenvalue weighted by Gasteiger charge is -2.30. The van der Waals surface area contributed by atoms with E-state index in [4.69, 9.17) is 5.14 Å². The van der Waals surface area contributed by atoms with Crippen molar-refractivity contribution < 1.29 is 16.8 Å². The van der Waals surface area contributed by atoms with E-state index >= 15 is 0 Å². The molecule has 0 saturated carbocycles. The minimum atomic E-state index is -3.69. The summed E-state index contributed by atoms with van der Waals surface area (Å²) in [6.07, 6.45) is 0.918. The van der Waals surface area contributed by atoms with Crippen LogP contribution in [0.3, 0.4) is 0 Å². The Hall–Kier alpha value is -0.480. The number of primary sulfonamides is 1. The average molecular weight is 310 g/mol. The molecule has 1 unspecified atom stereocenters. The van der Waals surface area contributed by atoms with Gasteiger partial charge in [-0.15, -0.1) is 11.3 Å². The molecule has 1 aliphatic heterocycles. The molecule has 0 spiro atoms. The van der Waals surface area contributed by atoms with Crippen LogP contribution in [0.2, 0.25) is 0 Å². The quantitative estimate of drug-likeness (QED) is 0.861. The highest BCUT2D eigenvalue weighted by Crippen LogP contribution is 2.25. The van der Waals surface area contributed by atoms with Crippen molar-refractivity contribution in [3.63, 3.8) is 0 Å². The molecule has 0 radical (unpaired) electrons. The summed E-state index contributed by atoms with van der Waals surface area (Å²) >= 11 is 1.12. The molecule has 18 heavy (non-hydrogen) atoms. The minimum absolute atomic E-state index is 0.0565. The van der Waals surface area contributed by atoms with Crippen molar-refractivity contribution in [2.45, 2.75) is 22.3 Å². The van der Waals surface area contributed by atoms with Gasteiger partial charge >= 0.3 is 0 Å². The van der Waals surface area contributed by atoms with Gasteiger partial charge in [-0.1, -0.05) is 6.07 Å². The molecule has 2 heterocycles. The summed E-state index contributed by atoms with van der Waals surface area (Å²) in [5.41, 5.74) is 0. The second-order valence-electron chi connectivity index (χ2n) is 4.15. The molecule has 1 aliphatic rings. The van der Waals surface area contributed by atoms with Crippen molar-refractivity contribution in [2.24, 2.45) is 5.14 Å². The van der Waals surface area contributed by atoms with Crippen LogP contribution in [0.4, 0.5) is 0 Å². The Morgan fingerprint density at radius 1 is 1.33 bits per heavy atom. The van der Waals surface area contributed by atoms with Crippen LogP contribution in [-0.4, -0.2) is 39.5 Å². The fraction of sp³-hybridized carbons (Fsp3) is 0.556. The normalized spacial score (nSPS) is 23.1. The number of rotatable bonds is 3. The molecule has 0 aliphatic carbocycles. The van der Waals surface area contributed by atoms with Crippen molar-refractivity contribution in [3.8, 4) is 0 Å². The molecule has 1 aromatic rings. The third kappa shape index (κ3) is 2.75. The molecular formula is C9H14N2O4S3. The Kier molecular flexibility index (Phi) is 3.79. The van der Waals surface area contributed by atoms with Crippen molar-refractivity contribution in [1.29, 1.82) is 0 Å². The predicted octanol–water partition coefficient (Wildman–Crippen LogP) is 0.190. The van der Waals surface area contributed by atoms with Crippen LogP contribution in [0, 0.1) is 0 Å². The molecule has 1 aromatic heterocycles. The largest absolute Gasteiger partial charge is 0.252 e. The van der Waals surface area contributed by atoms with Crippen LogP contribution in [0.15, 0.2) is 21.7 Å². The molecule has 0 aromatic carbocycles. The lowest BCUT2D eigenvalue weighted by atomic mass is 10.2. The van der Waals surface area contributed by atoms with Crippen molar-refractivity contribution in [1.82, 2.24) is 4.31 Å². The van der Waals surface area contributed by atoms with Gasteiger partial charge in [0.15, 0.2) is 0 Å². The summed E-state index contributed by atoms with van der Waals surface area (Å²) in [6.45, 7) is 0.283. The number of sulfonamides is 2. The number of nitrogens with two attached hydrogens (primary N) is 1. The second-order valence-corrected chi connectivity index (χ2v) is 9.11. The maximum Gasteiger partial charge on any atom is 0.252 e. The molecule has 0 bridgehead atoms. The Labute approximate surface area is 111 Å².